The Morgan fingerprint density at radius 3 is 2.36 bits per heavy atom. The van der Waals surface area contributed by atoms with E-state index >= 15 is 0 Å². The van der Waals surface area contributed by atoms with Crippen LogP contribution in [0.2, 0.25) is 0 Å². The van der Waals surface area contributed by atoms with Crippen LogP contribution in [0.4, 0.5) is 27.5 Å². The van der Waals surface area contributed by atoms with Gasteiger partial charge >= 0.3 is 0 Å². The lowest BCUT2D eigenvalue weighted by Crippen LogP contribution is -2.47. The van der Waals surface area contributed by atoms with Crippen LogP contribution in [0.3, 0.4) is 0 Å². The normalized spacial score (nSPS) is 14.2. The van der Waals surface area contributed by atoms with E-state index in [2.05, 4.69) is 39.2 Å². The number of nitrogens with one attached hydrogen (secondary N) is 1. The number of nitrogens with zero attached hydrogens (tertiary/aromatic N) is 4. The van der Waals surface area contributed by atoms with Crippen LogP contribution in [-0.2, 0) is 0 Å². The van der Waals surface area contributed by atoms with Crippen LogP contribution >= 0.6 is 0 Å². The summed E-state index contributed by atoms with van der Waals surface area (Å²) in [6, 6.07) is 17.1. The molecule has 0 radical (unpaired) electrons. The smallest absolute Gasteiger partial charge is 0.229 e. The first-order chi connectivity index (χ1) is 13.6. The fraction of sp³-hybridized carbons (Fsp3) is 0.273. The zero-order chi connectivity index (χ0) is 19.5. The van der Waals surface area contributed by atoms with Crippen molar-refractivity contribution in [2.24, 2.45) is 0 Å². The number of hydrogen-bond acceptors (Lipinski definition) is 5. The van der Waals surface area contributed by atoms with Gasteiger partial charge in [0.2, 0.25) is 5.95 Å². The second-order valence-electron chi connectivity index (χ2n) is 7.11. The van der Waals surface area contributed by atoms with Crippen molar-refractivity contribution in [1.29, 1.82) is 0 Å². The van der Waals surface area contributed by atoms with Gasteiger partial charge in [-0.25, -0.2) is 9.37 Å². The molecular weight excluding hydrogens is 353 g/mol. The van der Waals surface area contributed by atoms with Crippen molar-refractivity contribution >= 4 is 23.1 Å². The summed E-state index contributed by atoms with van der Waals surface area (Å²) >= 11 is 0. The van der Waals surface area contributed by atoms with Crippen molar-refractivity contribution in [2.75, 3.05) is 41.3 Å². The molecule has 1 N–H and O–H groups in total. The maximum absolute atomic E-state index is 14.1. The average molecular weight is 377 g/mol. The largest absolute Gasteiger partial charge is 0.366 e. The molecule has 0 atom stereocenters. The van der Waals surface area contributed by atoms with Gasteiger partial charge in [-0.05, 0) is 43.7 Å². The van der Waals surface area contributed by atoms with E-state index in [-0.39, 0.29) is 5.82 Å². The van der Waals surface area contributed by atoms with Crippen LogP contribution in [0.1, 0.15) is 11.3 Å². The number of aromatic nitrogens is 2. The number of aryl methyl sites for hydroxylation is 2. The molecule has 0 amide bonds. The molecule has 0 unspecified atom stereocenters. The summed E-state index contributed by atoms with van der Waals surface area (Å²) < 4.78 is 14.1. The molecule has 0 saturated carbocycles. The fourth-order valence-electron chi connectivity index (χ4n) is 3.51. The van der Waals surface area contributed by atoms with Gasteiger partial charge in [0.15, 0.2) is 0 Å². The number of halogens is 1. The molecule has 1 fully saturated rings. The van der Waals surface area contributed by atoms with Gasteiger partial charge in [-0.15, -0.1) is 0 Å². The van der Waals surface area contributed by atoms with E-state index in [1.807, 2.05) is 37.3 Å². The van der Waals surface area contributed by atoms with E-state index in [0.29, 0.717) is 11.6 Å². The molecule has 1 aliphatic heterocycles. The van der Waals surface area contributed by atoms with Gasteiger partial charge < -0.3 is 15.1 Å². The highest BCUT2D eigenvalue weighted by Gasteiger charge is 2.21. The molecule has 1 saturated heterocycles. The van der Waals surface area contributed by atoms with E-state index in [9.17, 15) is 4.39 Å². The standard InChI is InChI=1S/C22H24FN5/c1-16-6-5-7-18(14-16)25-22-24-17(2)15-21(26-22)28-12-10-27(11-13-28)20-9-4-3-8-19(20)23/h3-9,14-15H,10-13H2,1-2H3,(H,24,25,26). The van der Waals surface area contributed by atoms with Crippen LogP contribution in [0, 0.1) is 19.7 Å². The van der Waals surface area contributed by atoms with Gasteiger partial charge in [0.1, 0.15) is 11.6 Å². The topological polar surface area (TPSA) is 44.3 Å². The SMILES string of the molecule is Cc1cccc(Nc2nc(C)cc(N3CCN(c4ccccc4F)CC3)n2)c1. The van der Waals surface area contributed by atoms with Crippen LogP contribution in [0.15, 0.2) is 54.6 Å². The highest BCUT2D eigenvalue weighted by Crippen LogP contribution is 2.23. The quantitative estimate of drug-likeness (QED) is 0.734. The molecule has 6 heteroatoms. The predicted molar refractivity (Wildman–Crippen MR) is 112 cm³/mol. The minimum absolute atomic E-state index is 0.168. The van der Waals surface area contributed by atoms with Crippen LogP contribution in [0.25, 0.3) is 0 Å². The molecule has 1 aromatic heterocycles. The van der Waals surface area contributed by atoms with Gasteiger partial charge in [-0.2, -0.15) is 4.98 Å². The summed E-state index contributed by atoms with van der Waals surface area (Å²) in [6.07, 6.45) is 0. The summed E-state index contributed by atoms with van der Waals surface area (Å²) in [5, 5.41) is 3.30. The first kappa shape index (κ1) is 18.2. The number of anilines is 4. The Morgan fingerprint density at radius 2 is 1.61 bits per heavy atom. The molecule has 144 valence electrons. The monoisotopic (exact) mass is 377 g/mol. The van der Waals surface area contributed by atoms with Crippen molar-refractivity contribution in [3.05, 3.63) is 71.7 Å². The van der Waals surface area contributed by atoms with Crippen LogP contribution < -0.4 is 15.1 Å². The van der Waals surface area contributed by atoms with E-state index in [1.165, 1.54) is 11.6 Å². The van der Waals surface area contributed by atoms with Crippen molar-refractivity contribution in [3.8, 4) is 0 Å². The maximum atomic E-state index is 14.1. The average Bonchev–Trinajstić information content (AvgIpc) is 2.68. The lowest BCUT2D eigenvalue weighted by atomic mass is 10.2. The zero-order valence-electron chi connectivity index (χ0n) is 16.2. The molecule has 0 bridgehead atoms. The molecule has 2 aromatic carbocycles. The molecular formula is C22H24FN5. The summed E-state index contributed by atoms with van der Waals surface area (Å²) in [5.74, 6) is 1.33. The Kier molecular flexibility index (Phi) is 5.10. The molecule has 2 heterocycles. The summed E-state index contributed by atoms with van der Waals surface area (Å²) in [4.78, 5) is 13.5. The molecule has 3 aromatic rings. The Balaban J connectivity index is 1.48. The summed E-state index contributed by atoms with van der Waals surface area (Å²) in [6.45, 7) is 7.11. The zero-order valence-corrected chi connectivity index (χ0v) is 16.2. The first-order valence-corrected chi connectivity index (χ1v) is 9.52. The van der Waals surface area contributed by atoms with Gasteiger partial charge in [0.25, 0.3) is 0 Å². The van der Waals surface area contributed by atoms with Crippen molar-refractivity contribution in [3.63, 3.8) is 0 Å². The minimum atomic E-state index is -0.168. The van der Waals surface area contributed by atoms with Crippen molar-refractivity contribution < 1.29 is 4.39 Å². The molecule has 0 spiro atoms. The van der Waals surface area contributed by atoms with Crippen LogP contribution in [0.5, 0.6) is 0 Å². The minimum Gasteiger partial charge on any atom is -0.366 e. The predicted octanol–water partition coefficient (Wildman–Crippen LogP) is 4.30. The highest BCUT2D eigenvalue weighted by atomic mass is 19.1. The Hall–Kier alpha value is -3.15. The molecule has 5 nitrogen and oxygen atoms in total. The third-order valence-corrected chi connectivity index (χ3v) is 4.91. The van der Waals surface area contributed by atoms with Crippen molar-refractivity contribution in [2.45, 2.75) is 13.8 Å². The van der Waals surface area contributed by atoms with Gasteiger partial charge in [-0.1, -0.05) is 24.3 Å². The summed E-state index contributed by atoms with van der Waals surface area (Å²) in [7, 11) is 0. The molecule has 0 aliphatic carbocycles. The van der Waals surface area contributed by atoms with E-state index < -0.39 is 0 Å². The third-order valence-electron chi connectivity index (χ3n) is 4.91. The Labute approximate surface area is 164 Å². The van der Waals surface area contributed by atoms with E-state index in [4.69, 9.17) is 4.98 Å². The number of para-hydroxylation sites is 1. The van der Waals surface area contributed by atoms with Crippen molar-refractivity contribution in [1.82, 2.24) is 9.97 Å². The highest BCUT2D eigenvalue weighted by molar-refractivity contribution is 5.57. The molecule has 4 rings (SSSR count). The molecule has 28 heavy (non-hydrogen) atoms. The van der Waals surface area contributed by atoms with Gasteiger partial charge in [0.05, 0.1) is 5.69 Å². The lowest BCUT2D eigenvalue weighted by molar-refractivity contribution is 0.596. The summed E-state index contributed by atoms with van der Waals surface area (Å²) in [5.41, 5.74) is 3.74. The van der Waals surface area contributed by atoms with E-state index in [0.717, 1.165) is 43.4 Å². The fourth-order valence-corrected chi connectivity index (χ4v) is 3.51. The Morgan fingerprint density at radius 1 is 0.857 bits per heavy atom. The number of hydrogen-bond donors (Lipinski definition) is 1. The lowest BCUT2D eigenvalue weighted by Gasteiger charge is -2.37. The second kappa shape index (κ2) is 7.84. The number of rotatable bonds is 4. The van der Waals surface area contributed by atoms with Gasteiger partial charge in [-0.3, -0.25) is 0 Å². The number of benzene rings is 2. The number of piperazine rings is 1. The molecule has 1 aliphatic rings. The van der Waals surface area contributed by atoms with Crippen LogP contribution in [-0.4, -0.2) is 36.1 Å². The second-order valence-corrected chi connectivity index (χ2v) is 7.11. The maximum Gasteiger partial charge on any atom is 0.229 e. The van der Waals surface area contributed by atoms with Gasteiger partial charge in [0, 0.05) is 43.6 Å². The first-order valence-electron chi connectivity index (χ1n) is 9.52. The third kappa shape index (κ3) is 4.06. The van der Waals surface area contributed by atoms with E-state index in [1.54, 1.807) is 6.07 Å². The Bertz CT molecular complexity index is 967.